The van der Waals surface area contributed by atoms with Crippen molar-refractivity contribution in [2.24, 2.45) is 5.92 Å². The van der Waals surface area contributed by atoms with Gasteiger partial charge in [0, 0.05) is 48.1 Å². The number of carboxylic acid groups (broad SMARTS) is 2. The molecular weight excluding hydrogens is 917 g/mol. The van der Waals surface area contributed by atoms with Gasteiger partial charge in [0.25, 0.3) is 5.91 Å². The molecule has 0 saturated carbocycles. The number of hydrogen-bond donors (Lipinski definition) is 16. The van der Waals surface area contributed by atoms with E-state index in [0.29, 0.717) is 11.4 Å². The zero-order valence-corrected chi connectivity index (χ0v) is 36.8. The lowest BCUT2D eigenvalue weighted by atomic mass is 10.0. The first-order chi connectivity index (χ1) is 31.3. The molecule has 66 heavy (non-hydrogen) atoms. The molecule has 0 unspecified atom stereocenters. The van der Waals surface area contributed by atoms with Gasteiger partial charge in [-0.2, -0.15) is 4.98 Å². The monoisotopic (exact) mass is 968 g/mol. The summed E-state index contributed by atoms with van der Waals surface area (Å²) in [6.45, 7) is 0.133. The molecule has 29 heteroatoms. The number of aromatic nitrogens is 4. The van der Waals surface area contributed by atoms with E-state index in [9.17, 15) is 64.2 Å². The van der Waals surface area contributed by atoms with E-state index in [4.69, 9.17) is 21.0 Å². The fraction of sp³-hybridized carbons (Fsp3) is 0.486. The number of hydrogen-bond acceptors (Lipinski definition) is 21. The second-order valence-corrected chi connectivity index (χ2v) is 16.8. The number of aromatic amines is 1. The van der Waals surface area contributed by atoms with Gasteiger partial charge in [-0.3, -0.25) is 30.0 Å². The quantitative estimate of drug-likeness (QED) is 0.0202. The van der Waals surface area contributed by atoms with Gasteiger partial charge in [0.1, 0.15) is 37.0 Å². The number of nitrogens with one attached hydrogen (secondary N) is 8. The van der Waals surface area contributed by atoms with Gasteiger partial charge in [-0.1, -0.05) is 28.5 Å². The summed E-state index contributed by atoms with van der Waals surface area (Å²) in [6.07, 6.45) is -7.66. The van der Waals surface area contributed by atoms with Crippen LogP contribution in [0.2, 0.25) is 0 Å². The number of carboxylic acids is 2. The number of fused-ring (bicyclic) bond motifs is 1. The topological polar surface area (TPSA) is 447 Å². The van der Waals surface area contributed by atoms with E-state index in [2.05, 4.69) is 46.6 Å². The maximum atomic E-state index is 12.8. The van der Waals surface area contributed by atoms with Gasteiger partial charge in [-0.05, 0) is 37.1 Å². The number of benzene rings is 1. The van der Waals surface area contributed by atoms with E-state index < -0.39 is 104 Å². The van der Waals surface area contributed by atoms with Crippen molar-refractivity contribution in [3.05, 3.63) is 47.2 Å². The smallest absolute Gasteiger partial charge is 0.426 e. The van der Waals surface area contributed by atoms with Crippen LogP contribution in [-0.2, 0) is 35.3 Å². The normalized spacial score (nSPS) is 14.3. The molecule has 27 nitrogen and oxygen atoms in total. The Bertz CT molecular complexity index is 2210. The number of ether oxygens (including phenoxy) is 1. The molecule has 7 atom stereocenters. The molecule has 1 aromatic carbocycles. The number of aliphatic carboxylic acids is 2. The van der Waals surface area contributed by atoms with Crippen LogP contribution in [0.3, 0.4) is 0 Å². The summed E-state index contributed by atoms with van der Waals surface area (Å²) in [5, 5.41) is 84.9. The summed E-state index contributed by atoms with van der Waals surface area (Å²) >= 11 is 0. The average molecular weight is 969 g/mol. The molecule has 3 aromatic rings. The predicted molar refractivity (Wildman–Crippen MR) is 233 cm³/mol. The van der Waals surface area contributed by atoms with Gasteiger partial charge in [0.2, 0.25) is 23.7 Å². The first-order valence-electron chi connectivity index (χ1n) is 19.8. The fourth-order valence-corrected chi connectivity index (χ4v) is 7.29. The summed E-state index contributed by atoms with van der Waals surface area (Å²) in [7, 11) is 2.17. The van der Waals surface area contributed by atoms with Crippen LogP contribution >= 0.6 is 21.6 Å². The standard InChI is InChI=1S/C37H52N12O15S2/c1-17(2-8-25(53)41-14-23(51)28(55)29(56)24(52)15-50)32(57)45-22(35(61)62)16-66-65-11-10-64-37(63)49-48-26(54)9-7-21(34(59)60)44-33(58)18-3-5-19(6-4-18)40-12-20-13-42-31-27(43-20)30(38)46-36(39)47-31/h3-6,13,17,21-24,28-29,40,50-52,55-56H,2,7-12,14-16H2,1H3,(H,41,53)(H,44,58)(H,45,57)(H,48,54)(H,49,63)(H,59,60)(H,61,62)(H4,38,39,42,46,47)/t17-,21-,22-,23-,24+,28+,29+/m0/s1. The second-order valence-electron chi connectivity index (χ2n) is 14.2. The van der Waals surface area contributed by atoms with Crippen molar-refractivity contribution in [1.29, 1.82) is 5.41 Å². The van der Waals surface area contributed by atoms with Gasteiger partial charge in [0.15, 0.2) is 16.7 Å². The molecule has 3 rings (SSSR count). The Hall–Kier alpha value is -6.37. The van der Waals surface area contributed by atoms with Crippen LogP contribution in [-0.4, -0.2) is 165 Å². The molecule has 17 N–H and O–H groups in total. The Morgan fingerprint density at radius 3 is 2.20 bits per heavy atom. The third-order valence-corrected chi connectivity index (χ3v) is 11.5. The summed E-state index contributed by atoms with van der Waals surface area (Å²) in [5.41, 5.74) is 11.3. The van der Waals surface area contributed by atoms with Crippen molar-refractivity contribution in [1.82, 2.24) is 46.7 Å². The summed E-state index contributed by atoms with van der Waals surface area (Å²) in [6, 6.07) is 3.30. The Morgan fingerprint density at radius 1 is 0.864 bits per heavy atom. The Labute approximate surface area is 382 Å². The molecule has 0 aliphatic carbocycles. The van der Waals surface area contributed by atoms with Crippen LogP contribution in [0.1, 0.15) is 48.7 Å². The van der Waals surface area contributed by atoms with Crippen molar-refractivity contribution < 1.29 is 74.0 Å². The van der Waals surface area contributed by atoms with E-state index in [-0.39, 0.29) is 72.1 Å². The van der Waals surface area contributed by atoms with E-state index in [0.717, 1.165) is 21.6 Å². The molecule has 0 radical (unpaired) electrons. The number of aliphatic hydroxyl groups excluding tert-OH is 5. The number of hydrazine groups is 1. The van der Waals surface area contributed by atoms with Gasteiger partial charge >= 0.3 is 18.0 Å². The largest absolute Gasteiger partial charge is 0.480 e. The molecule has 0 aliphatic heterocycles. The highest BCUT2D eigenvalue weighted by Crippen LogP contribution is 2.22. The number of anilines is 2. The molecule has 0 bridgehead atoms. The second kappa shape index (κ2) is 27.2. The Kier molecular flexibility index (Phi) is 22.2. The van der Waals surface area contributed by atoms with Crippen LogP contribution < -0.4 is 43.3 Å². The summed E-state index contributed by atoms with van der Waals surface area (Å²) < 4.78 is 4.94. The number of carbonyl (C=O) groups excluding carboxylic acids is 5. The number of carbonyl (C=O) groups is 7. The molecule has 0 fully saturated rings. The maximum Gasteiger partial charge on any atom is 0.426 e. The minimum absolute atomic E-state index is 0.00882. The zero-order valence-electron chi connectivity index (χ0n) is 35.1. The molecule has 2 aromatic heterocycles. The predicted octanol–water partition coefficient (Wildman–Crippen LogP) is -3.33. The van der Waals surface area contributed by atoms with Crippen molar-refractivity contribution in [3.8, 4) is 0 Å². The van der Waals surface area contributed by atoms with Crippen LogP contribution in [0.5, 0.6) is 0 Å². The van der Waals surface area contributed by atoms with Gasteiger partial charge < -0.3 is 72.5 Å². The van der Waals surface area contributed by atoms with E-state index in [1.165, 1.54) is 25.3 Å². The van der Waals surface area contributed by atoms with Crippen LogP contribution in [0.25, 0.3) is 11.2 Å². The van der Waals surface area contributed by atoms with Crippen LogP contribution in [0.15, 0.2) is 30.5 Å². The van der Waals surface area contributed by atoms with E-state index in [1.807, 2.05) is 5.43 Å². The van der Waals surface area contributed by atoms with Crippen LogP contribution in [0.4, 0.5) is 16.4 Å². The molecule has 0 saturated heterocycles. The molecule has 0 spiro atoms. The van der Waals surface area contributed by atoms with Crippen molar-refractivity contribution >= 4 is 86.0 Å². The fourth-order valence-electron chi connectivity index (χ4n) is 5.31. The first kappa shape index (κ1) is 54.0. The molecule has 0 aliphatic rings. The highest BCUT2D eigenvalue weighted by molar-refractivity contribution is 8.76. The number of aliphatic hydroxyl groups is 5. The average Bonchev–Trinajstić information content (AvgIpc) is 3.29. The minimum Gasteiger partial charge on any atom is -0.480 e. The first-order valence-corrected chi connectivity index (χ1v) is 22.3. The lowest BCUT2D eigenvalue weighted by molar-refractivity contribution is -0.141. The third-order valence-electron chi connectivity index (χ3n) is 9.13. The molecule has 362 valence electrons. The molecule has 5 amide bonds. The van der Waals surface area contributed by atoms with Gasteiger partial charge in [0.05, 0.1) is 31.1 Å². The number of amides is 5. The number of nitrogens with zero attached hydrogens (tertiary/aromatic N) is 3. The van der Waals surface area contributed by atoms with Crippen LogP contribution in [0, 0.1) is 11.3 Å². The molecular formula is C37H52N12O15S2. The molecule has 2 heterocycles. The van der Waals surface area contributed by atoms with Crippen molar-refractivity contribution in [2.45, 2.75) is 75.7 Å². The lowest BCUT2D eigenvalue weighted by Gasteiger charge is -2.25. The minimum atomic E-state index is -1.87. The Balaban J connectivity index is 1.28. The Morgan fingerprint density at radius 2 is 1.53 bits per heavy atom. The summed E-state index contributed by atoms with van der Waals surface area (Å²) in [4.78, 5) is 100. The number of nitrogens with two attached hydrogens (primary N) is 1. The van der Waals surface area contributed by atoms with Crippen molar-refractivity contribution in [3.63, 3.8) is 0 Å². The van der Waals surface area contributed by atoms with E-state index in [1.54, 1.807) is 12.1 Å². The highest BCUT2D eigenvalue weighted by Gasteiger charge is 2.30. The number of rotatable bonds is 27. The zero-order chi connectivity index (χ0) is 48.9. The number of nitrogen functional groups attached to an aromatic ring is 1. The van der Waals surface area contributed by atoms with Gasteiger partial charge in [-0.25, -0.2) is 29.8 Å². The lowest BCUT2D eigenvalue weighted by Crippen LogP contribution is -2.49. The SMILES string of the molecule is C[C@@H](CCC(=O)NC[C@H](O)[C@@H](O)[C@H](O)[C@H](O)CO)C(=O)N[C@@H](CSSCCOC(=O)NNC(=O)CC[C@H](NC(=O)c1ccc(NCc2cnc3nc(N)[nH]c(=N)c3n2)cc1)C(=O)O)C(=O)O. The van der Waals surface area contributed by atoms with Gasteiger partial charge in [-0.15, -0.1) is 0 Å². The summed E-state index contributed by atoms with van der Waals surface area (Å²) in [5.74, 6) is -6.20. The highest BCUT2D eigenvalue weighted by atomic mass is 33.1. The third kappa shape index (κ3) is 18.3. The van der Waals surface area contributed by atoms with Crippen molar-refractivity contribution in [2.75, 3.05) is 42.3 Å². The van der Waals surface area contributed by atoms with E-state index >= 15 is 0 Å². The maximum absolute atomic E-state index is 12.8. The number of H-pyrrole nitrogens is 1.